The van der Waals surface area contributed by atoms with E-state index in [2.05, 4.69) is 60.6 Å². The van der Waals surface area contributed by atoms with Gasteiger partial charge in [-0.15, -0.1) is 10.2 Å². The lowest BCUT2D eigenvalue weighted by atomic mass is 10.0. The Bertz CT molecular complexity index is 562. The zero-order chi connectivity index (χ0) is 13.1. The van der Waals surface area contributed by atoms with Crippen molar-refractivity contribution in [1.82, 2.24) is 10.2 Å². The van der Waals surface area contributed by atoms with Crippen LogP contribution in [0.25, 0.3) is 11.3 Å². The first kappa shape index (κ1) is 12.6. The Morgan fingerprint density at radius 1 is 1.11 bits per heavy atom. The van der Waals surface area contributed by atoms with Gasteiger partial charge >= 0.3 is 0 Å². The molecule has 3 heteroatoms. The smallest absolute Gasteiger partial charge is 0.151 e. The average molecular weight is 241 g/mol. The predicted octanol–water partition coefficient (Wildman–Crippen LogP) is 3.36. The summed E-state index contributed by atoms with van der Waals surface area (Å²) in [4.78, 5) is 0. The third kappa shape index (κ3) is 2.21. The standard InChI is InChI=1S/C15H19N3/c1-5-12-7-6-8-13(9-12)14-10(2)11(3)15(16-4)18-17-14/h6-9H,5H2,1-4H3,(H,16,18). The molecule has 1 aromatic heterocycles. The number of hydrogen-bond donors (Lipinski definition) is 1. The molecule has 2 aromatic rings. The highest BCUT2D eigenvalue weighted by atomic mass is 15.2. The molecule has 3 nitrogen and oxygen atoms in total. The Balaban J connectivity index is 2.54. The minimum absolute atomic E-state index is 0.850. The van der Waals surface area contributed by atoms with Crippen molar-refractivity contribution in [2.75, 3.05) is 12.4 Å². The summed E-state index contributed by atoms with van der Waals surface area (Å²) in [6, 6.07) is 8.50. The minimum atomic E-state index is 0.850. The van der Waals surface area contributed by atoms with E-state index in [0.717, 1.165) is 29.1 Å². The van der Waals surface area contributed by atoms with Crippen LogP contribution in [0.1, 0.15) is 23.6 Å². The van der Waals surface area contributed by atoms with E-state index in [0.29, 0.717) is 0 Å². The van der Waals surface area contributed by atoms with Crippen molar-refractivity contribution < 1.29 is 0 Å². The van der Waals surface area contributed by atoms with Gasteiger partial charge in [-0.3, -0.25) is 0 Å². The van der Waals surface area contributed by atoms with Gasteiger partial charge in [0.2, 0.25) is 0 Å². The van der Waals surface area contributed by atoms with Crippen LogP contribution in [0, 0.1) is 13.8 Å². The first-order valence-electron chi connectivity index (χ1n) is 6.28. The van der Waals surface area contributed by atoms with E-state index in [1.54, 1.807) is 0 Å². The molecule has 0 aliphatic rings. The summed E-state index contributed by atoms with van der Waals surface area (Å²) in [6.07, 6.45) is 1.04. The number of aryl methyl sites for hydroxylation is 1. The molecule has 0 aliphatic carbocycles. The van der Waals surface area contributed by atoms with Crippen molar-refractivity contribution in [3.05, 3.63) is 41.0 Å². The number of rotatable bonds is 3. The van der Waals surface area contributed by atoms with Gasteiger partial charge in [-0.2, -0.15) is 0 Å². The molecule has 2 rings (SSSR count). The summed E-state index contributed by atoms with van der Waals surface area (Å²) in [7, 11) is 1.87. The summed E-state index contributed by atoms with van der Waals surface area (Å²) >= 11 is 0. The molecule has 1 N–H and O–H groups in total. The fraction of sp³-hybridized carbons (Fsp3) is 0.333. The van der Waals surface area contributed by atoms with Gasteiger partial charge in [0.15, 0.2) is 5.82 Å². The Kier molecular flexibility index (Phi) is 3.60. The van der Waals surface area contributed by atoms with Crippen LogP contribution in [0.15, 0.2) is 24.3 Å². The zero-order valence-electron chi connectivity index (χ0n) is 11.4. The highest BCUT2D eigenvalue weighted by molar-refractivity contribution is 5.67. The fourth-order valence-electron chi connectivity index (χ4n) is 2.06. The Morgan fingerprint density at radius 2 is 1.89 bits per heavy atom. The van der Waals surface area contributed by atoms with Gasteiger partial charge in [0.1, 0.15) is 0 Å². The van der Waals surface area contributed by atoms with E-state index >= 15 is 0 Å². The van der Waals surface area contributed by atoms with Crippen LogP contribution < -0.4 is 5.32 Å². The molecule has 1 aromatic carbocycles. The second-order valence-corrected chi connectivity index (χ2v) is 4.45. The van der Waals surface area contributed by atoms with Crippen molar-refractivity contribution in [3.8, 4) is 11.3 Å². The normalized spacial score (nSPS) is 10.4. The maximum Gasteiger partial charge on any atom is 0.151 e. The van der Waals surface area contributed by atoms with Gasteiger partial charge < -0.3 is 5.32 Å². The molecule has 18 heavy (non-hydrogen) atoms. The number of nitrogens with zero attached hydrogens (tertiary/aromatic N) is 2. The maximum absolute atomic E-state index is 4.34. The molecule has 0 saturated heterocycles. The van der Waals surface area contributed by atoms with Crippen molar-refractivity contribution in [1.29, 1.82) is 0 Å². The predicted molar refractivity (Wildman–Crippen MR) is 75.9 cm³/mol. The second kappa shape index (κ2) is 5.17. The molecular weight excluding hydrogens is 222 g/mol. The van der Waals surface area contributed by atoms with Crippen LogP contribution in [0.2, 0.25) is 0 Å². The Morgan fingerprint density at radius 3 is 2.56 bits per heavy atom. The second-order valence-electron chi connectivity index (χ2n) is 4.45. The number of nitrogens with one attached hydrogen (secondary N) is 1. The monoisotopic (exact) mass is 241 g/mol. The summed E-state index contributed by atoms with van der Waals surface area (Å²) < 4.78 is 0. The van der Waals surface area contributed by atoms with E-state index in [1.807, 2.05) is 7.05 Å². The van der Waals surface area contributed by atoms with Crippen molar-refractivity contribution in [3.63, 3.8) is 0 Å². The molecule has 0 saturated carbocycles. The lowest BCUT2D eigenvalue weighted by molar-refractivity contribution is 1.00. The van der Waals surface area contributed by atoms with Crippen LogP contribution in [-0.4, -0.2) is 17.2 Å². The summed E-state index contributed by atoms with van der Waals surface area (Å²) in [5.74, 6) is 0.850. The lowest BCUT2D eigenvalue weighted by Gasteiger charge is -2.11. The largest absolute Gasteiger partial charge is 0.371 e. The van der Waals surface area contributed by atoms with Gasteiger partial charge in [-0.05, 0) is 43.0 Å². The van der Waals surface area contributed by atoms with E-state index < -0.39 is 0 Å². The minimum Gasteiger partial charge on any atom is -0.371 e. The molecule has 94 valence electrons. The Hall–Kier alpha value is -1.90. The van der Waals surface area contributed by atoms with Gasteiger partial charge in [-0.1, -0.05) is 25.1 Å². The summed E-state index contributed by atoms with van der Waals surface area (Å²) in [5, 5.41) is 11.6. The fourth-order valence-corrected chi connectivity index (χ4v) is 2.06. The van der Waals surface area contributed by atoms with Crippen LogP contribution in [-0.2, 0) is 6.42 Å². The van der Waals surface area contributed by atoms with Crippen molar-refractivity contribution in [2.24, 2.45) is 0 Å². The Labute approximate surface area is 108 Å². The summed E-state index contributed by atoms with van der Waals surface area (Å²) in [5.41, 5.74) is 5.78. The molecule has 0 atom stereocenters. The van der Waals surface area contributed by atoms with Gasteiger partial charge in [-0.25, -0.2) is 0 Å². The average Bonchev–Trinajstić information content (AvgIpc) is 2.42. The quantitative estimate of drug-likeness (QED) is 0.895. The van der Waals surface area contributed by atoms with Crippen LogP contribution >= 0.6 is 0 Å². The highest BCUT2D eigenvalue weighted by Crippen LogP contribution is 2.26. The van der Waals surface area contributed by atoms with E-state index in [1.165, 1.54) is 11.1 Å². The van der Waals surface area contributed by atoms with Crippen LogP contribution in [0.4, 0.5) is 5.82 Å². The molecule has 0 unspecified atom stereocenters. The number of aromatic nitrogens is 2. The topological polar surface area (TPSA) is 37.8 Å². The molecule has 1 heterocycles. The van der Waals surface area contributed by atoms with Crippen molar-refractivity contribution in [2.45, 2.75) is 27.2 Å². The van der Waals surface area contributed by atoms with Crippen molar-refractivity contribution >= 4 is 5.82 Å². The third-order valence-corrected chi connectivity index (χ3v) is 3.37. The molecule has 0 radical (unpaired) electrons. The van der Waals surface area contributed by atoms with Gasteiger partial charge in [0, 0.05) is 12.6 Å². The van der Waals surface area contributed by atoms with E-state index in [-0.39, 0.29) is 0 Å². The number of anilines is 1. The zero-order valence-corrected chi connectivity index (χ0v) is 11.4. The molecule has 0 fully saturated rings. The maximum atomic E-state index is 4.34. The molecule has 0 bridgehead atoms. The highest BCUT2D eigenvalue weighted by Gasteiger charge is 2.10. The van der Waals surface area contributed by atoms with E-state index in [4.69, 9.17) is 0 Å². The van der Waals surface area contributed by atoms with Gasteiger partial charge in [0.25, 0.3) is 0 Å². The SMILES string of the molecule is CCc1cccc(-c2nnc(NC)c(C)c2C)c1. The first-order valence-corrected chi connectivity index (χ1v) is 6.28. The van der Waals surface area contributed by atoms with Crippen LogP contribution in [0.3, 0.4) is 0 Å². The number of benzene rings is 1. The van der Waals surface area contributed by atoms with Gasteiger partial charge in [0.05, 0.1) is 5.69 Å². The van der Waals surface area contributed by atoms with Crippen LogP contribution in [0.5, 0.6) is 0 Å². The lowest BCUT2D eigenvalue weighted by Crippen LogP contribution is -2.02. The van der Waals surface area contributed by atoms with E-state index in [9.17, 15) is 0 Å². The molecule has 0 amide bonds. The number of hydrogen-bond acceptors (Lipinski definition) is 3. The first-order chi connectivity index (χ1) is 8.67. The third-order valence-electron chi connectivity index (χ3n) is 3.37. The molecule has 0 aliphatic heterocycles. The molecule has 0 spiro atoms. The molecular formula is C15H19N3. The summed E-state index contributed by atoms with van der Waals surface area (Å²) in [6.45, 7) is 6.33.